The van der Waals surface area contributed by atoms with Crippen molar-refractivity contribution < 1.29 is 14.7 Å². The van der Waals surface area contributed by atoms with E-state index in [9.17, 15) is 9.59 Å². The third kappa shape index (κ3) is 4.09. The zero-order valence-electron chi connectivity index (χ0n) is 11.7. The number of amides is 1. The fourth-order valence-electron chi connectivity index (χ4n) is 1.66. The van der Waals surface area contributed by atoms with Crippen LogP contribution in [0.1, 0.15) is 39.7 Å². The molecular weight excluding hydrogens is 290 g/mol. The number of carboxylic acids is 1. The second-order valence-electron chi connectivity index (χ2n) is 4.94. The van der Waals surface area contributed by atoms with Crippen LogP contribution in [0, 0.1) is 5.92 Å². The first-order chi connectivity index (χ1) is 9.95. The Labute approximate surface area is 125 Å². The minimum atomic E-state index is -1.04. The van der Waals surface area contributed by atoms with Gasteiger partial charge in [0.25, 0.3) is 5.91 Å². The highest BCUT2D eigenvalue weighted by molar-refractivity contribution is 7.12. The van der Waals surface area contributed by atoms with E-state index in [1.54, 1.807) is 12.4 Å². The summed E-state index contributed by atoms with van der Waals surface area (Å²) in [5.74, 6) is -0.225. The van der Waals surface area contributed by atoms with Gasteiger partial charge in [0.1, 0.15) is 10.7 Å². The fraction of sp³-hybridized carbons (Fsp3) is 0.286. The standard InChI is InChI=1S/C14H15N3O3S/c1-8(2)3-12-15-5-10(6-16-12)17-13(18)9-4-11(14(19)20)21-7-9/h4-8H,3H2,1-2H3,(H,17,18)(H,19,20). The number of nitrogens with one attached hydrogen (secondary N) is 1. The smallest absolute Gasteiger partial charge is 0.345 e. The zero-order chi connectivity index (χ0) is 15.4. The number of carbonyl (C=O) groups is 2. The molecule has 1 amide bonds. The number of hydrogen-bond acceptors (Lipinski definition) is 5. The first-order valence-corrected chi connectivity index (χ1v) is 7.27. The van der Waals surface area contributed by atoms with Crippen molar-refractivity contribution in [3.8, 4) is 0 Å². The van der Waals surface area contributed by atoms with Gasteiger partial charge in [0, 0.05) is 11.8 Å². The normalized spacial score (nSPS) is 10.6. The van der Waals surface area contributed by atoms with Gasteiger partial charge in [-0.1, -0.05) is 13.8 Å². The van der Waals surface area contributed by atoms with E-state index < -0.39 is 5.97 Å². The van der Waals surface area contributed by atoms with Crippen LogP contribution in [0.3, 0.4) is 0 Å². The second-order valence-corrected chi connectivity index (χ2v) is 5.86. The number of rotatable bonds is 5. The third-order valence-electron chi connectivity index (χ3n) is 2.63. The molecule has 2 aromatic rings. The van der Waals surface area contributed by atoms with E-state index in [4.69, 9.17) is 5.11 Å². The Morgan fingerprint density at radius 3 is 2.52 bits per heavy atom. The summed E-state index contributed by atoms with van der Waals surface area (Å²) in [6.07, 6.45) is 3.88. The highest BCUT2D eigenvalue weighted by atomic mass is 32.1. The molecule has 2 rings (SSSR count). The molecule has 0 aliphatic carbocycles. The molecule has 21 heavy (non-hydrogen) atoms. The molecule has 0 aliphatic rings. The van der Waals surface area contributed by atoms with Crippen molar-refractivity contribution in [2.24, 2.45) is 5.92 Å². The molecule has 6 nitrogen and oxygen atoms in total. The van der Waals surface area contributed by atoms with E-state index in [1.165, 1.54) is 11.4 Å². The van der Waals surface area contributed by atoms with Gasteiger partial charge in [0.15, 0.2) is 0 Å². The summed E-state index contributed by atoms with van der Waals surface area (Å²) in [4.78, 5) is 31.2. The Morgan fingerprint density at radius 1 is 1.33 bits per heavy atom. The summed E-state index contributed by atoms with van der Waals surface area (Å²) < 4.78 is 0. The number of thiophene rings is 1. The minimum Gasteiger partial charge on any atom is -0.477 e. The van der Waals surface area contributed by atoms with Crippen molar-refractivity contribution in [1.82, 2.24) is 9.97 Å². The van der Waals surface area contributed by atoms with Gasteiger partial charge < -0.3 is 10.4 Å². The number of anilines is 1. The predicted molar refractivity (Wildman–Crippen MR) is 79.8 cm³/mol. The van der Waals surface area contributed by atoms with E-state index in [0.29, 0.717) is 17.2 Å². The molecule has 0 aromatic carbocycles. The first-order valence-electron chi connectivity index (χ1n) is 6.40. The first kappa shape index (κ1) is 15.1. The summed E-state index contributed by atoms with van der Waals surface area (Å²) in [5.41, 5.74) is 0.791. The van der Waals surface area contributed by atoms with Gasteiger partial charge in [0.05, 0.1) is 23.6 Å². The molecule has 0 saturated heterocycles. The number of aromatic carboxylic acids is 1. The van der Waals surface area contributed by atoms with E-state index in [0.717, 1.165) is 23.6 Å². The maximum absolute atomic E-state index is 12.0. The van der Waals surface area contributed by atoms with Crippen LogP contribution in [-0.4, -0.2) is 27.0 Å². The Balaban J connectivity index is 2.03. The highest BCUT2D eigenvalue weighted by Crippen LogP contribution is 2.16. The topological polar surface area (TPSA) is 92.2 Å². The Bertz CT molecular complexity index is 650. The molecule has 0 atom stereocenters. The Kier molecular flexibility index (Phi) is 4.64. The fourth-order valence-corrected chi connectivity index (χ4v) is 2.39. The Hall–Kier alpha value is -2.28. The van der Waals surface area contributed by atoms with Crippen LogP contribution in [0.25, 0.3) is 0 Å². The summed E-state index contributed by atoms with van der Waals surface area (Å²) in [6, 6.07) is 1.34. The van der Waals surface area contributed by atoms with Crippen molar-refractivity contribution in [2.75, 3.05) is 5.32 Å². The zero-order valence-corrected chi connectivity index (χ0v) is 12.5. The molecule has 2 N–H and O–H groups in total. The van der Waals surface area contributed by atoms with E-state index in [2.05, 4.69) is 29.1 Å². The quantitative estimate of drug-likeness (QED) is 0.886. The van der Waals surface area contributed by atoms with E-state index in [-0.39, 0.29) is 10.8 Å². The summed E-state index contributed by atoms with van der Waals surface area (Å²) in [5, 5.41) is 13.0. The molecule has 2 aromatic heterocycles. The SMILES string of the molecule is CC(C)Cc1ncc(NC(=O)c2csc(C(=O)O)c2)cn1. The van der Waals surface area contributed by atoms with Crippen molar-refractivity contribution in [2.45, 2.75) is 20.3 Å². The lowest BCUT2D eigenvalue weighted by molar-refractivity contribution is 0.0702. The van der Waals surface area contributed by atoms with Crippen LogP contribution in [-0.2, 0) is 6.42 Å². The highest BCUT2D eigenvalue weighted by Gasteiger charge is 2.13. The summed E-state index contributed by atoms with van der Waals surface area (Å²) in [6.45, 7) is 4.16. The van der Waals surface area contributed by atoms with E-state index >= 15 is 0 Å². The lowest BCUT2D eigenvalue weighted by atomic mass is 10.1. The number of nitrogens with zero attached hydrogens (tertiary/aromatic N) is 2. The molecule has 0 spiro atoms. The molecule has 110 valence electrons. The maximum Gasteiger partial charge on any atom is 0.345 e. The second kappa shape index (κ2) is 6.45. The molecule has 0 aliphatic heterocycles. The van der Waals surface area contributed by atoms with Crippen molar-refractivity contribution in [3.63, 3.8) is 0 Å². The lowest BCUT2D eigenvalue weighted by Crippen LogP contribution is -2.12. The van der Waals surface area contributed by atoms with Gasteiger partial charge in [-0.2, -0.15) is 0 Å². The van der Waals surface area contributed by atoms with Gasteiger partial charge in [-0.3, -0.25) is 4.79 Å². The van der Waals surface area contributed by atoms with Crippen LogP contribution in [0.4, 0.5) is 5.69 Å². The summed E-state index contributed by atoms with van der Waals surface area (Å²) >= 11 is 1.01. The predicted octanol–water partition coefficient (Wildman–Crippen LogP) is 2.69. The molecular formula is C14H15N3O3S. The van der Waals surface area contributed by atoms with Gasteiger partial charge in [-0.25, -0.2) is 14.8 Å². The van der Waals surface area contributed by atoms with Crippen LogP contribution in [0.2, 0.25) is 0 Å². The molecule has 0 radical (unpaired) electrons. The average molecular weight is 305 g/mol. The third-order valence-corrected chi connectivity index (χ3v) is 3.54. The molecule has 7 heteroatoms. The maximum atomic E-state index is 12.0. The van der Waals surface area contributed by atoms with Gasteiger partial charge in [-0.15, -0.1) is 11.3 Å². The van der Waals surface area contributed by atoms with Crippen molar-refractivity contribution >= 4 is 28.9 Å². The molecule has 0 unspecified atom stereocenters. The van der Waals surface area contributed by atoms with Gasteiger partial charge in [-0.05, 0) is 12.0 Å². The minimum absolute atomic E-state index is 0.128. The average Bonchev–Trinajstić information content (AvgIpc) is 2.90. The van der Waals surface area contributed by atoms with Crippen molar-refractivity contribution in [1.29, 1.82) is 0 Å². The molecule has 0 bridgehead atoms. The Morgan fingerprint density at radius 2 is 2.00 bits per heavy atom. The molecule has 0 saturated carbocycles. The van der Waals surface area contributed by atoms with Crippen LogP contribution >= 0.6 is 11.3 Å². The number of aromatic nitrogens is 2. The van der Waals surface area contributed by atoms with Crippen LogP contribution in [0.15, 0.2) is 23.8 Å². The number of carboxylic acid groups (broad SMARTS) is 1. The van der Waals surface area contributed by atoms with Gasteiger partial charge >= 0.3 is 5.97 Å². The van der Waals surface area contributed by atoms with Crippen molar-refractivity contribution in [3.05, 3.63) is 40.1 Å². The van der Waals surface area contributed by atoms with Crippen LogP contribution < -0.4 is 5.32 Å². The number of hydrogen-bond donors (Lipinski definition) is 2. The largest absolute Gasteiger partial charge is 0.477 e. The van der Waals surface area contributed by atoms with Crippen LogP contribution in [0.5, 0.6) is 0 Å². The molecule has 2 heterocycles. The lowest BCUT2D eigenvalue weighted by Gasteiger charge is -2.05. The monoisotopic (exact) mass is 305 g/mol. The van der Waals surface area contributed by atoms with Gasteiger partial charge in [0.2, 0.25) is 0 Å². The van der Waals surface area contributed by atoms with E-state index in [1.807, 2.05) is 0 Å². The summed E-state index contributed by atoms with van der Waals surface area (Å²) in [7, 11) is 0. The molecule has 0 fully saturated rings. The number of carbonyl (C=O) groups excluding carboxylic acids is 1.